The predicted octanol–water partition coefficient (Wildman–Crippen LogP) is 0.980. The maximum atomic E-state index is 7.42. The molecule has 1 aliphatic heterocycles. The molecule has 0 spiro atoms. The molecule has 0 atom stereocenters. The summed E-state index contributed by atoms with van der Waals surface area (Å²) in [5.74, 6) is 0.163. The molecule has 15 heavy (non-hydrogen) atoms. The van der Waals surface area contributed by atoms with Crippen LogP contribution in [-0.2, 0) is 13.0 Å². The van der Waals surface area contributed by atoms with E-state index in [1.54, 1.807) is 0 Å². The third kappa shape index (κ3) is 1.88. The number of fused-ring (bicyclic) bond motifs is 1. The van der Waals surface area contributed by atoms with E-state index in [-0.39, 0.29) is 5.96 Å². The van der Waals surface area contributed by atoms with Crippen LogP contribution in [0.5, 0.6) is 0 Å². The highest BCUT2D eigenvalue weighted by Gasteiger charge is 2.16. The molecular formula is C11H16N4. The van der Waals surface area contributed by atoms with Crippen LogP contribution in [0.4, 0.5) is 5.69 Å². The molecule has 0 saturated carbocycles. The number of anilines is 1. The summed E-state index contributed by atoms with van der Waals surface area (Å²) in [6.07, 6.45) is 0.971. The second-order valence-electron chi connectivity index (χ2n) is 3.79. The van der Waals surface area contributed by atoms with Gasteiger partial charge in [-0.15, -0.1) is 0 Å². The van der Waals surface area contributed by atoms with E-state index in [0.29, 0.717) is 0 Å². The molecule has 2 rings (SSSR count). The first kappa shape index (κ1) is 9.83. The van der Waals surface area contributed by atoms with Crippen molar-refractivity contribution in [3.63, 3.8) is 0 Å². The van der Waals surface area contributed by atoms with Crippen LogP contribution in [0.25, 0.3) is 0 Å². The predicted molar refractivity (Wildman–Crippen MR) is 62.0 cm³/mol. The van der Waals surface area contributed by atoms with Crippen molar-refractivity contribution in [3.8, 4) is 0 Å². The normalized spacial score (nSPS) is 14.6. The smallest absolute Gasteiger partial charge is 0.188 e. The maximum Gasteiger partial charge on any atom is 0.188 e. The molecule has 1 aromatic rings. The van der Waals surface area contributed by atoms with Crippen molar-refractivity contribution in [1.82, 2.24) is 4.90 Å². The summed E-state index contributed by atoms with van der Waals surface area (Å²) in [6.45, 7) is 1.60. The summed E-state index contributed by atoms with van der Waals surface area (Å²) < 4.78 is 0. The molecule has 0 radical (unpaired) electrons. The highest BCUT2D eigenvalue weighted by molar-refractivity contribution is 5.75. The van der Waals surface area contributed by atoms with E-state index in [9.17, 15) is 0 Å². The van der Waals surface area contributed by atoms with E-state index in [2.05, 4.69) is 23.5 Å². The molecule has 4 nitrogen and oxygen atoms in total. The Labute approximate surface area is 89.6 Å². The molecule has 1 aromatic carbocycles. The standard InChI is InChI=1S/C11H16N4/c1-14-10-3-2-8-4-5-15(11(12)13)7-9(8)6-10/h2-3,6,14H,4-5,7H2,1H3,(H3,12,13). The third-order valence-electron chi connectivity index (χ3n) is 2.85. The van der Waals surface area contributed by atoms with E-state index >= 15 is 0 Å². The summed E-state index contributed by atoms with van der Waals surface area (Å²) in [5, 5.41) is 10.5. The van der Waals surface area contributed by atoms with Gasteiger partial charge in [0.2, 0.25) is 0 Å². The lowest BCUT2D eigenvalue weighted by atomic mass is 9.99. The van der Waals surface area contributed by atoms with Crippen LogP contribution in [0, 0.1) is 5.41 Å². The lowest BCUT2D eigenvalue weighted by Gasteiger charge is -2.29. The van der Waals surface area contributed by atoms with E-state index in [1.807, 2.05) is 11.9 Å². The number of nitrogens with zero attached hydrogens (tertiary/aromatic N) is 1. The zero-order chi connectivity index (χ0) is 10.8. The summed E-state index contributed by atoms with van der Waals surface area (Å²) in [4.78, 5) is 1.89. The monoisotopic (exact) mass is 204 g/mol. The van der Waals surface area contributed by atoms with Crippen molar-refractivity contribution in [2.24, 2.45) is 5.73 Å². The molecule has 0 saturated heterocycles. The van der Waals surface area contributed by atoms with Crippen LogP contribution < -0.4 is 11.1 Å². The van der Waals surface area contributed by atoms with Crippen molar-refractivity contribution in [2.45, 2.75) is 13.0 Å². The van der Waals surface area contributed by atoms with Gasteiger partial charge in [-0.1, -0.05) is 6.07 Å². The molecule has 4 heteroatoms. The molecule has 4 N–H and O–H groups in total. The van der Waals surface area contributed by atoms with Crippen LogP contribution in [-0.4, -0.2) is 24.5 Å². The molecule has 1 aliphatic rings. The number of nitrogens with one attached hydrogen (secondary N) is 2. The second kappa shape index (κ2) is 3.81. The minimum absolute atomic E-state index is 0.163. The Morgan fingerprint density at radius 1 is 1.47 bits per heavy atom. The minimum atomic E-state index is 0.163. The summed E-state index contributed by atoms with van der Waals surface area (Å²) in [6, 6.07) is 6.37. The Kier molecular flexibility index (Phi) is 2.49. The molecule has 0 amide bonds. The molecule has 0 fully saturated rings. The first-order valence-electron chi connectivity index (χ1n) is 5.09. The van der Waals surface area contributed by atoms with Gasteiger partial charge < -0.3 is 16.0 Å². The molecule has 0 aromatic heterocycles. The molecule has 80 valence electrons. The third-order valence-corrected chi connectivity index (χ3v) is 2.85. The largest absolute Gasteiger partial charge is 0.388 e. The van der Waals surface area contributed by atoms with Gasteiger partial charge in [-0.25, -0.2) is 0 Å². The average molecular weight is 204 g/mol. The fourth-order valence-corrected chi connectivity index (χ4v) is 1.92. The molecular weight excluding hydrogens is 188 g/mol. The lowest BCUT2D eigenvalue weighted by Crippen LogP contribution is -2.40. The van der Waals surface area contributed by atoms with Gasteiger partial charge in [0.1, 0.15) is 0 Å². The van der Waals surface area contributed by atoms with E-state index < -0.39 is 0 Å². The lowest BCUT2D eigenvalue weighted by molar-refractivity contribution is 0.387. The van der Waals surface area contributed by atoms with Gasteiger partial charge in [0.15, 0.2) is 5.96 Å². The highest BCUT2D eigenvalue weighted by atomic mass is 15.2. The van der Waals surface area contributed by atoms with Crippen LogP contribution in [0.15, 0.2) is 18.2 Å². The topological polar surface area (TPSA) is 65.1 Å². The number of hydrogen-bond acceptors (Lipinski definition) is 2. The zero-order valence-corrected chi connectivity index (χ0v) is 8.88. The zero-order valence-electron chi connectivity index (χ0n) is 8.88. The van der Waals surface area contributed by atoms with E-state index in [0.717, 1.165) is 25.2 Å². The van der Waals surface area contributed by atoms with Gasteiger partial charge in [-0.3, -0.25) is 5.41 Å². The van der Waals surface area contributed by atoms with Crippen LogP contribution in [0.2, 0.25) is 0 Å². The number of nitrogens with two attached hydrogens (primary N) is 1. The molecule has 0 unspecified atom stereocenters. The van der Waals surface area contributed by atoms with Gasteiger partial charge >= 0.3 is 0 Å². The fraction of sp³-hybridized carbons (Fsp3) is 0.364. The summed E-state index contributed by atoms with van der Waals surface area (Å²) in [5.41, 5.74) is 9.23. The van der Waals surface area contributed by atoms with Crippen LogP contribution >= 0.6 is 0 Å². The second-order valence-corrected chi connectivity index (χ2v) is 3.79. The van der Waals surface area contributed by atoms with Crippen molar-refractivity contribution in [3.05, 3.63) is 29.3 Å². The Morgan fingerprint density at radius 3 is 2.93 bits per heavy atom. The Bertz CT molecular complexity index is 386. The highest BCUT2D eigenvalue weighted by Crippen LogP contribution is 2.21. The van der Waals surface area contributed by atoms with Gasteiger partial charge in [-0.05, 0) is 29.7 Å². The maximum absolute atomic E-state index is 7.42. The van der Waals surface area contributed by atoms with Crippen LogP contribution in [0.1, 0.15) is 11.1 Å². The Hall–Kier alpha value is -1.71. The Balaban J connectivity index is 2.27. The van der Waals surface area contributed by atoms with Gasteiger partial charge in [0, 0.05) is 25.8 Å². The summed E-state index contributed by atoms with van der Waals surface area (Å²) >= 11 is 0. The fourth-order valence-electron chi connectivity index (χ4n) is 1.92. The Morgan fingerprint density at radius 2 is 2.27 bits per heavy atom. The van der Waals surface area contributed by atoms with Crippen molar-refractivity contribution in [1.29, 1.82) is 5.41 Å². The quantitative estimate of drug-likeness (QED) is 0.472. The van der Waals surface area contributed by atoms with Gasteiger partial charge in [0.05, 0.1) is 0 Å². The number of guanidine groups is 1. The first-order chi connectivity index (χ1) is 7.20. The molecule has 1 heterocycles. The summed E-state index contributed by atoms with van der Waals surface area (Å²) in [7, 11) is 1.91. The molecule has 0 bridgehead atoms. The number of hydrogen-bond donors (Lipinski definition) is 3. The minimum Gasteiger partial charge on any atom is -0.388 e. The number of rotatable bonds is 1. The first-order valence-corrected chi connectivity index (χ1v) is 5.09. The van der Waals surface area contributed by atoms with E-state index in [1.165, 1.54) is 11.1 Å². The molecule has 0 aliphatic carbocycles. The average Bonchev–Trinajstić information content (AvgIpc) is 2.27. The number of benzene rings is 1. The van der Waals surface area contributed by atoms with E-state index in [4.69, 9.17) is 11.1 Å². The van der Waals surface area contributed by atoms with Gasteiger partial charge in [-0.2, -0.15) is 0 Å². The van der Waals surface area contributed by atoms with Crippen molar-refractivity contribution < 1.29 is 0 Å². The van der Waals surface area contributed by atoms with Crippen molar-refractivity contribution in [2.75, 3.05) is 18.9 Å². The van der Waals surface area contributed by atoms with Crippen molar-refractivity contribution >= 4 is 11.6 Å². The van der Waals surface area contributed by atoms with Gasteiger partial charge in [0.25, 0.3) is 0 Å². The van der Waals surface area contributed by atoms with Crippen LogP contribution in [0.3, 0.4) is 0 Å². The SMILES string of the molecule is CNc1ccc2c(c1)CN(C(=N)N)CC2.